The number of hydrogen-bond donors (Lipinski definition) is 14. The number of benzene rings is 6. The summed E-state index contributed by atoms with van der Waals surface area (Å²) in [4.78, 5) is 169. The third-order valence-corrected chi connectivity index (χ3v) is 25.0. The van der Waals surface area contributed by atoms with Crippen LogP contribution < -0.4 is 50.8 Å². The molecular weight excluding hydrogens is 1700 g/mol. The van der Waals surface area contributed by atoms with E-state index in [1.807, 2.05) is 6.92 Å². The molecule has 128 heavy (non-hydrogen) atoms. The molecule has 1 saturated heterocycles. The summed E-state index contributed by atoms with van der Waals surface area (Å²) >= 11 is 14.5. The van der Waals surface area contributed by atoms with Crippen molar-refractivity contribution in [3.63, 3.8) is 0 Å². The highest BCUT2D eigenvalue weighted by molar-refractivity contribution is 6.32. The van der Waals surface area contributed by atoms with Crippen molar-refractivity contribution in [1.29, 1.82) is 0 Å². The highest BCUT2D eigenvalue weighted by Crippen LogP contribution is 2.59. The number of aromatic hydroxyl groups is 3. The average Bonchev–Trinajstić information content (AvgIpc) is 0.777. The minimum absolute atomic E-state index is 0.0713. The van der Waals surface area contributed by atoms with Crippen molar-refractivity contribution in [3.8, 4) is 62.9 Å². The molecule has 0 radical (unpaired) electrons. The molecule has 14 N–H and O–H groups in total. The van der Waals surface area contributed by atoms with E-state index >= 15 is 33.6 Å². The predicted octanol–water partition coefficient (Wildman–Crippen LogP) is 11.2. The van der Waals surface area contributed by atoms with Crippen LogP contribution >= 0.6 is 23.2 Å². The minimum Gasteiger partial charge on any atom is -0.508 e. The zero-order chi connectivity index (χ0) is 92.6. The fourth-order valence-corrected chi connectivity index (χ4v) is 18.9. The van der Waals surface area contributed by atoms with Crippen molar-refractivity contribution in [1.82, 2.24) is 31.5 Å². The third kappa shape index (κ3) is 21.9. The number of esters is 1. The van der Waals surface area contributed by atoms with E-state index in [0.29, 0.717) is 30.6 Å². The molecule has 0 unspecified atom stereocenters. The molecule has 4 aliphatic carbocycles. The molecule has 6 aliphatic heterocycles. The molecule has 10 aliphatic rings. The van der Waals surface area contributed by atoms with Crippen molar-refractivity contribution >= 4 is 93.9 Å². The Labute approximate surface area is 748 Å². The minimum atomic E-state index is -2.30. The number of ketones is 3. The fraction of sp³-hybridized carbons (Fsp3) is 0.495. The van der Waals surface area contributed by atoms with Crippen LogP contribution in [0.25, 0.3) is 11.1 Å². The van der Waals surface area contributed by atoms with E-state index < -0.39 is 237 Å². The molecule has 6 aromatic rings. The molecule has 15 bridgehead atoms. The van der Waals surface area contributed by atoms with Gasteiger partial charge in [-0.05, 0) is 235 Å². The average molecular weight is 1810 g/mol. The number of phenols is 3. The van der Waals surface area contributed by atoms with Crippen molar-refractivity contribution < 1.29 is 127 Å². The molecule has 14 atom stereocenters. The topological polar surface area (TPSA) is 490 Å². The normalized spacial score (nSPS) is 26.5. The van der Waals surface area contributed by atoms with Gasteiger partial charge in [-0.2, -0.15) is 0 Å². The molecule has 0 aromatic heterocycles. The quantitative estimate of drug-likeness (QED) is 0.0335. The molecule has 4 saturated carbocycles. The standard InChI is InChI=1S/C93H109Cl2N7O26/c1-11-24-122-54-17-15-52(16-18-54)96-90(120)97-72(109)37-51-34-64(106)77(100-87(118)61(25-42(2)3)102(10)91(121)128-93(7,8)9)79(111)46-13-20-67(59(94)32-46)123-70-35-50-36-71(84(70)126-89-83(115)82(114)81(113)69(125-89)22-23-73(110)127-92(4,5)6)124-68-21-14-47(33-60(68)95)80(112)78-88(119)99-76(66(108)40-55-48-27-43-26-44(29-48)30-49(55)28-43)58-38-53(103)39-63(105)74(58)57-31-45(12-19-62(57)104)56(86(117)101-78)41-65(107)75(50)98-85(51)116/h12-21,31-33,35-36,38-39,42-44,48-49,51,55-56,61,69,75-83,89,103-105,111-115H,11,22-30,34,37,40-41H2,1-10H3,(H,98,116)(H,99,119)(H,100,118)(H,101,117)(H2,96,97,109,120)/t43?,44?,48?,49?,51-,55?,56+,61+,69+,75+,76-,77-,78-,79+,80+,81+,82-,83+,89-/m0/s1. The van der Waals surface area contributed by atoms with Crippen LogP contribution in [0.2, 0.25) is 10.0 Å². The number of urea groups is 1. The van der Waals surface area contributed by atoms with Gasteiger partial charge in [-0.1, -0.05) is 62.2 Å². The van der Waals surface area contributed by atoms with Crippen LogP contribution in [0.4, 0.5) is 15.3 Å². The highest BCUT2D eigenvalue weighted by Gasteiger charge is 2.52. The summed E-state index contributed by atoms with van der Waals surface area (Å²) in [5, 5.41) is 111. The van der Waals surface area contributed by atoms with Gasteiger partial charge in [0.1, 0.15) is 106 Å². The van der Waals surface area contributed by atoms with Gasteiger partial charge >= 0.3 is 18.1 Å². The molecule has 16 rings (SSSR count). The first kappa shape index (κ1) is 94.4. The second-order valence-electron chi connectivity index (χ2n) is 36.8. The number of ether oxygens (including phenoxy) is 7. The molecule has 33 nitrogen and oxygen atoms in total. The number of nitrogens with zero attached hydrogens (tertiary/aromatic N) is 1. The van der Waals surface area contributed by atoms with Crippen LogP contribution in [-0.2, 0) is 57.4 Å². The molecule has 5 fully saturated rings. The number of aliphatic hydroxyl groups is 5. The van der Waals surface area contributed by atoms with Crippen molar-refractivity contribution in [2.75, 3.05) is 19.0 Å². The monoisotopic (exact) mass is 1810 g/mol. The molecule has 8 amide bonds. The maximum atomic E-state index is 16.8. The second kappa shape index (κ2) is 39.0. The lowest BCUT2D eigenvalue weighted by atomic mass is 9.51. The van der Waals surface area contributed by atoms with Crippen molar-refractivity contribution in [2.45, 2.75) is 236 Å². The lowest BCUT2D eigenvalue weighted by Crippen LogP contribution is -2.59. The number of carbonyl (C=O) groups excluding carboxylic acids is 11. The van der Waals surface area contributed by atoms with E-state index in [0.717, 1.165) is 79.5 Å². The second-order valence-corrected chi connectivity index (χ2v) is 37.6. The lowest BCUT2D eigenvalue weighted by molar-refractivity contribution is -0.273. The number of likely N-dealkylation sites (N-methyl/N-ethyl adjacent to an activating group) is 1. The molecular formula is C93H109Cl2N7O26. The first-order valence-corrected chi connectivity index (χ1v) is 43.8. The summed E-state index contributed by atoms with van der Waals surface area (Å²) < 4.78 is 43.2. The number of Topliss-reactive ketones (excluding diaryl/α,β-unsaturated/α-hetero) is 3. The van der Waals surface area contributed by atoms with E-state index in [9.17, 15) is 60.0 Å². The Morgan fingerprint density at radius 3 is 1.85 bits per heavy atom. The zero-order valence-electron chi connectivity index (χ0n) is 72.4. The lowest BCUT2D eigenvalue weighted by Gasteiger charge is -2.54. The number of nitrogens with one attached hydrogen (secondary N) is 6. The predicted molar refractivity (Wildman–Crippen MR) is 461 cm³/mol. The number of phenolic OH excluding ortho intramolecular Hbond substituents is 3. The van der Waals surface area contributed by atoms with E-state index in [-0.39, 0.29) is 93.5 Å². The number of rotatable bonds is 19. The Kier molecular flexibility index (Phi) is 28.8. The van der Waals surface area contributed by atoms with Crippen molar-refractivity contribution in [2.24, 2.45) is 41.4 Å². The Morgan fingerprint density at radius 1 is 0.633 bits per heavy atom. The summed E-state index contributed by atoms with van der Waals surface area (Å²) in [5.41, 5.74) is -3.79. The van der Waals surface area contributed by atoms with Crippen LogP contribution in [-0.4, -0.2) is 184 Å². The Bertz CT molecular complexity index is 5240. The summed E-state index contributed by atoms with van der Waals surface area (Å²) in [5.74, 6) is -17.2. The van der Waals surface area contributed by atoms with Gasteiger partial charge in [0.25, 0.3) is 0 Å². The van der Waals surface area contributed by atoms with Gasteiger partial charge in [0.05, 0.1) is 34.6 Å². The number of hydrogen-bond acceptors (Lipinski definition) is 26. The van der Waals surface area contributed by atoms with E-state index in [2.05, 4.69) is 31.9 Å². The SMILES string of the molecule is CCCOc1ccc(NC(=O)NC(=O)C[C@@H]2CC(=O)[C@H](NC(=O)[C@@H](CC(C)C)N(C)C(=O)OC(C)(C)C)[C@H](O)c3ccc(c(Cl)c3)Oc3cc4cc(c3O[C@@H]3O[C@H](CCC(=O)OC(C)(C)C)[C@@H](O)[C@H](O)[C@H]3O)Oc3ccc(cc3Cl)[C@@H](O)[C@@H]3NC(=O)[C@H](CC(=O)[C@@H]4NC2=O)c2ccc(O)c(c2)-c2c(O)cc(O)cc2[C@@H](C(=O)CC2C4CC5CC(C4)CC2C5)NC3=O)cc1. The number of amides is 8. The third-order valence-electron chi connectivity index (χ3n) is 24.4. The van der Waals surface area contributed by atoms with Gasteiger partial charge < -0.3 is 101 Å². The maximum Gasteiger partial charge on any atom is 0.410 e. The first-order chi connectivity index (χ1) is 60.4. The van der Waals surface area contributed by atoms with Gasteiger partial charge in [-0.3, -0.25) is 53.4 Å². The van der Waals surface area contributed by atoms with E-state index in [4.69, 9.17) is 56.4 Å². The van der Waals surface area contributed by atoms with Gasteiger partial charge in [0.15, 0.2) is 28.8 Å². The number of aliphatic hydroxyl groups excluding tert-OH is 5. The molecule has 6 heterocycles. The maximum absolute atomic E-state index is 16.8. The summed E-state index contributed by atoms with van der Waals surface area (Å²) in [6.07, 6.45) is -14.2. The Balaban J connectivity index is 0.999. The first-order valence-electron chi connectivity index (χ1n) is 43.0. The molecule has 6 aromatic carbocycles. The highest BCUT2D eigenvalue weighted by atomic mass is 35.5. The molecule has 686 valence electrons. The van der Waals surface area contributed by atoms with Crippen LogP contribution in [0.1, 0.15) is 204 Å². The Morgan fingerprint density at radius 2 is 1.25 bits per heavy atom. The van der Waals surface area contributed by atoms with Gasteiger partial charge in [0, 0.05) is 62.0 Å². The summed E-state index contributed by atoms with van der Waals surface area (Å²) in [6, 6.07) is 9.82. The molecule has 35 heteroatoms. The number of fused-ring (bicyclic) bond motifs is 15. The number of carbonyl (C=O) groups is 11. The van der Waals surface area contributed by atoms with Gasteiger partial charge in [0.2, 0.25) is 41.6 Å². The largest absolute Gasteiger partial charge is 0.508 e. The van der Waals surface area contributed by atoms with Gasteiger partial charge in [-0.15, -0.1) is 0 Å². The fourth-order valence-electron chi connectivity index (χ4n) is 18.5. The van der Waals surface area contributed by atoms with Crippen LogP contribution in [0.3, 0.4) is 0 Å². The number of imide groups is 1. The Hall–Kier alpha value is -11.2. The van der Waals surface area contributed by atoms with Gasteiger partial charge in [-0.25, -0.2) is 9.59 Å². The smallest absolute Gasteiger partial charge is 0.410 e. The summed E-state index contributed by atoms with van der Waals surface area (Å²) in [7, 11) is 1.28. The van der Waals surface area contributed by atoms with E-state index in [1.54, 1.807) is 67.5 Å². The zero-order valence-corrected chi connectivity index (χ0v) is 73.9. The number of anilines is 1. The molecule has 0 spiro atoms. The van der Waals surface area contributed by atoms with E-state index in [1.165, 1.54) is 55.6 Å². The summed E-state index contributed by atoms with van der Waals surface area (Å²) in [6.45, 7) is 15.4. The van der Waals surface area contributed by atoms with Crippen LogP contribution in [0.15, 0.2) is 103 Å². The number of halogens is 2. The van der Waals surface area contributed by atoms with Crippen molar-refractivity contribution in [3.05, 3.63) is 141 Å². The van der Waals surface area contributed by atoms with Crippen LogP contribution in [0, 0.1) is 41.4 Å². The van der Waals surface area contributed by atoms with Crippen LogP contribution in [0.5, 0.6) is 51.7 Å².